The van der Waals surface area contributed by atoms with E-state index in [4.69, 9.17) is 15.6 Å². The quantitative estimate of drug-likeness (QED) is 0.667. The molecule has 96 valence electrons. The predicted molar refractivity (Wildman–Crippen MR) is 59.2 cm³/mol. The van der Waals surface area contributed by atoms with Crippen molar-refractivity contribution >= 4 is 11.9 Å². The number of carboxylic acids is 1. The Hall–Kier alpha value is -1.14. The van der Waals surface area contributed by atoms with Crippen LogP contribution in [0.3, 0.4) is 0 Å². The monoisotopic (exact) mass is 242 g/mol. The summed E-state index contributed by atoms with van der Waals surface area (Å²) >= 11 is 0. The molecule has 0 radical (unpaired) electrons. The van der Waals surface area contributed by atoms with Crippen LogP contribution in [0.1, 0.15) is 12.8 Å². The summed E-state index contributed by atoms with van der Waals surface area (Å²) in [5, 5.41) is 8.87. The van der Waals surface area contributed by atoms with E-state index in [9.17, 15) is 9.59 Å². The van der Waals surface area contributed by atoms with Gasteiger partial charge in [-0.2, -0.15) is 0 Å². The van der Waals surface area contributed by atoms with Gasteiger partial charge in [0.2, 0.25) is 5.91 Å². The number of carbonyl (C=O) groups excluding carboxylic acids is 1. The van der Waals surface area contributed by atoms with Crippen molar-refractivity contribution in [2.45, 2.75) is 18.9 Å². The lowest BCUT2D eigenvalue weighted by molar-refractivity contribution is -0.146. The topological polar surface area (TPSA) is 92.9 Å². The van der Waals surface area contributed by atoms with Gasteiger partial charge in [0, 0.05) is 19.1 Å². The van der Waals surface area contributed by atoms with Crippen molar-refractivity contribution in [1.82, 2.24) is 4.90 Å². The molecule has 2 unspecified atom stereocenters. The zero-order valence-electron chi connectivity index (χ0n) is 9.67. The van der Waals surface area contributed by atoms with Gasteiger partial charge in [0.1, 0.15) is 0 Å². The molecule has 2 fully saturated rings. The Morgan fingerprint density at radius 3 is 2.35 bits per heavy atom. The molecule has 2 saturated heterocycles. The Morgan fingerprint density at radius 2 is 1.88 bits per heavy atom. The van der Waals surface area contributed by atoms with E-state index in [1.54, 1.807) is 4.90 Å². The van der Waals surface area contributed by atoms with E-state index in [-0.39, 0.29) is 23.8 Å². The largest absolute Gasteiger partial charge is 0.481 e. The first-order valence-corrected chi connectivity index (χ1v) is 5.94. The van der Waals surface area contributed by atoms with Gasteiger partial charge in [0.25, 0.3) is 0 Å². The van der Waals surface area contributed by atoms with Crippen LogP contribution in [-0.4, -0.2) is 54.2 Å². The highest BCUT2D eigenvalue weighted by atomic mass is 16.5. The molecule has 2 heterocycles. The van der Waals surface area contributed by atoms with Crippen LogP contribution >= 0.6 is 0 Å². The molecule has 2 aliphatic heterocycles. The number of ether oxygens (including phenoxy) is 1. The standard InChI is InChI=1S/C11H18N2O4/c12-9-6-17-5-8(9)10(14)13-3-1-7(2-4-13)11(15)16/h7-9H,1-6,12H2,(H,15,16). The van der Waals surface area contributed by atoms with Crippen molar-refractivity contribution in [3.8, 4) is 0 Å². The van der Waals surface area contributed by atoms with Gasteiger partial charge in [-0.15, -0.1) is 0 Å². The number of hydrogen-bond donors (Lipinski definition) is 2. The molecule has 6 heteroatoms. The SMILES string of the molecule is NC1COCC1C(=O)N1CCC(C(=O)O)CC1. The highest BCUT2D eigenvalue weighted by Crippen LogP contribution is 2.21. The maximum Gasteiger partial charge on any atom is 0.306 e. The highest BCUT2D eigenvalue weighted by Gasteiger charge is 2.36. The van der Waals surface area contributed by atoms with E-state index in [1.165, 1.54) is 0 Å². The minimum atomic E-state index is -0.766. The average Bonchev–Trinajstić information content (AvgIpc) is 2.74. The maximum atomic E-state index is 12.1. The lowest BCUT2D eigenvalue weighted by Gasteiger charge is -2.32. The number of nitrogens with two attached hydrogens (primary N) is 1. The van der Waals surface area contributed by atoms with E-state index >= 15 is 0 Å². The summed E-state index contributed by atoms with van der Waals surface area (Å²) in [6.07, 6.45) is 1.06. The molecular weight excluding hydrogens is 224 g/mol. The lowest BCUT2D eigenvalue weighted by atomic mass is 9.95. The molecule has 6 nitrogen and oxygen atoms in total. The van der Waals surface area contributed by atoms with Crippen molar-refractivity contribution in [1.29, 1.82) is 0 Å². The van der Waals surface area contributed by atoms with Gasteiger partial charge >= 0.3 is 5.97 Å². The summed E-state index contributed by atoms with van der Waals surface area (Å²) in [6.45, 7) is 1.85. The van der Waals surface area contributed by atoms with Crippen LogP contribution < -0.4 is 5.73 Å². The van der Waals surface area contributed by atoms with Gasteiger partial charge in [-0.05, 0) is 12.8 Å². The first kappa shape index (κ1) is 12.3. The Morgan fingerprint density at radius 1 is 1.24 bits per heavy atom. The van der Waals surface area contributed by atoms with E-state index in [1.807, 2.05) is 0 Å². The number of carboxylic acid groups (broad SMARTS) is 1. The van der Waals surface area contributed by atoms with Crippen molar-refractivity contribution < 1.29 is 19.4 Å². The van der Waals surface area contributed by atoms with Crippen LogP contribution in [0.25, 0.3) is 0 Å². The molecule has 0 aromatic carbocycles. The van der Waals surface area contributed by atoms with Crippen molar-refractivity contribution in [3.05, 3.63) is 0 Å². The number of carbonyl (C=O) groups is 2. The Bertz CT molecular complexity index is 313. The van der Waals surface area contributed by atoms with E-state index in [0.717, 1.165) is 0 Å². The van der Waals surface area contributed by atoms with E-state index in [2.05, 4.69) is 0 Å². The van der Waals surface area contributed by atoms with Gasteiger partial charge in [-0.3, -0.25) is 9.59 Å². The van der Waals surface area contributed by atoms with Gasteiger partial charge in [-0.25, -0.2) is 0 Å². The average molecular weight is 242 g/mol. The van der Waals surface area contributed by atoms with Crippen LogP contribution in [0.2, 0.25) is 0 Å². The first-order chi connectivity index (χ1) is 8.09. The normalized spacial score (nSPS) is 30.5. The van der Waals surface area contributed by atoms with Crippen LogP contribution in [0.4, 0.5) is 0 Å². The summed E-state index contributed by atoms with van der Waals surface area (Å²) in [7, 11) is 0. The lowest BCUT2D eigenvalue weighted by Crippen LogP contribution is -2.47. The summed E-state index contributed by atoms with van der Waals surface area (Å²) in [5.74, 6) is -1.32. The fourth-order valence-corrected chi connectivity index (χ4v) is 2.41. The third kappa shape index (κ3) is 2.58. The molecule has 2 aliphatic rings. The first-order valence-electron chi connectivity index (χ1n) is 5.94. The van der Waals surface area contributed by atoms with Crippen LogP contribution in [0.15, 0.2) is 0 Å². The zero-order chi connectivity index (χ0) is 12.4. The molecule has 0 spiro atoms. The fourth-order valence-electron chi connectivity index (χ4n) is 2.41. The van der Waals surface area contributed by atoms with Gasteiger partial charge < -0.3 is 20.5 Å². The Labute approximate surface area is 99.7 Å². The number of hydrogen-bond acceptors (Lipinski definition) is 4. The second-order valence-electron chi connectivity index (χ2n) is 4.75. The van der Waals surface area contributed by atoms with Gasteiger partial charge in [0.05, 0.1) is 25.0 Å². The third-order valence-electron chi connectivity index (χ3n) is 3.60. The van der Waals surface area contributed by atoms with Gasteiger partial charge in [0.15, 0.2) is 0 Å². The molecule has 0 aromatic rings. The molecule has 0 bridgehead atoms. The molecule has 2 rings (SSSR count). The van der Waals surface area contributed by atoms with Crippen molar-refractivity contribution in [3.63, 3.8) is 0 Å². The Kier molecular flexibility index (Phi) is 3.63. The zero-order valence-corrected chi connectivity index (χ0v) is 9.67. The van der Waals surface area contributed by atoms with E-state index in [0.29, 0.717) is 39.1 Å². The molecule has 0 saturated carbocycles. The number of aliphatic carboxylic acids is 1. The maximum absolute atomic E-state index is 12.1. The summed E-state index contributed by atoms with van der Waals surface area (Å²) in [5.41, 5.74) is 5.80. The van der Waals surface area contributed by atoms with Crippen LogP contribution in [0, 0.1) is 11.8 Å². The smallest absolute Gasteiger partial charge is 0.306 e. The minimum Gasteiger partial charge on any atom is -0.481 e. The number of piperidine rings is 1. The fraction of sp³-hybridized carbons (Fsp3) is 0.818. The van der Waals surface area contributed by atoms with Crippen molar-refractivity contribution in [2.75, 3.05) is 26.3 Å². The van der Waals surface area contributed by atoms with Crippen LogP contribution in [0.5, 0.6) is 0 Å². The molecule has 17 heavy (non-hydrogen) atoms. The molecule has 2 atom stereocenters. The number of likely N-dealkylation sites (tertiary alicyclic amines) is 1. The van der Waals surface area contributed by atoms with E-state index < -0.39 is 5.97 Å². The minimum absolute atomic E-state index is 0.0128. The highest BCUT2D eigenvalue weighted by molar-refractivity contribution is 5.80. The second-order valence-corrected chi connectivity index (χ2v) is 4.75. The summed E-state index contributed by atoms with van der Waals surface area (Å²) in [6, 6.07) is -0.223. The summed E-state index contributed by atoms with van der Waals surface area (Å²) < 4.78 is 5.17. The molecule has 3 N–H and O–H groups in total. The molecule has 1 amide bonds. The summed E-state index contributed by atoms with van der Waals surface area (Å²) in [4.78, 5) is 24.6. The second kappa shape index (κ2) is 5.01. The molecule has 0 aliphatic carbocycles. The third-order valence-corrected chi connectivity index (χ3v) is 3.60. The van der Waals surface area contributed by atoms with Crippen LogP contribution in [-0.2, 0) is 14.3 Å². The Balaban J connectivity index is 1.88. The predicted octanol–water partition coefficient (Wildman–Crippen LogP) is -0.717. The number of nitrogens with zero attached hydrogens (tertiary/aromatic N) is 1. The molecular formula is C11H18N2O4. The van der Waals surface area contributed by atoms with Crippen molar-refractivity contribution in [2.24, 2.45) is 17.6 Å². The molecule has 0 aromatic heterocycles. The number of rotatable bonds is 2. The van der Waals surface area contributed by atoms with Gasteiger partial charge in [-0.1, -0.05) is 0 Å². The number of amides is 1.